The second-order valence-electron chi connectivity index (χ2n) is 14.0. The minimum Gasteiger partial charge on any atom is -0.411 e. The lowest BCUT2D eigenvalue weighted by atomic mass is 9.95. The Morgan fingerprint density at radius 3 is 2.33 bits per heavy atom. The van der Waals surface area contributed by atoms with Crippen LogP contribution in [-0.2, 0) is 27.8 Å². The zero-order valence-electron chi connectivity index (χ0n) is 30.3. The average molecular weight is 741 g/mol. The molecule has 0 saturated carbocycles. The lowest BCUT2D eigenvalue weighted by Gasteiger charge is -2.35. The van der Waals surface area contributed by atoms with E-state index in [1.54, 1.807) is 21.1 Å². The molecule has 4 rings (SSSR count). The van der Waals surface area contributed by atoms with Gasteiger partial charge >= 0.3 is 6.03 Å². The molecule has 1 saturated heterocycles. The molecule has 0 radical (unpaired) electrons. The van der Waals surface area contributed by atoms with Gasteiger partial charge in [0.15, 0.2) is 0 Å². The van der Waals surface area contributed by atoms with Gasteiger partial charge in [-0.3, -0.25) is 4.79 Å². The minimum absolute atomic E-state index is 0.0288. The van der Waals surface area contributed by atoms with Crippen molar-refractivity contribution >= 4 is 39.5 Å². The third-order valence-electron chi connectivity index (χ3n) is 9.11. The molecule has 2 aromatic carbocycles. The Balaban J connectivity index is 1.58. The number of aliphatic hydroxyl groups is 1. The molecule has 3 aromatic rings. The van der Waals surface area contributed by atoms with Gasteiger partial charge in [-0.2, -0.15) is 4.31 Å². The average Bonchev–Trinajstić information content (AvgIpc) is 3.71. The van der Waals surface area contributed by atoms with Gasteiger partial charge in [0.1, 0.15) is 6.04 Å². The van der Waals surface area contributed by atoms with Crippen LogP contribution in [0.2, 0.25) is 0 Å². The van der Waals surface area contributed by atoms with Crippen molar-refractivity contribution in [1.29, 1.82) is 0 Å². The lowest BCUT2D eigenvalue weighted by molar-refractivity contribution is -0.128. The molecule has 0 unspecified atom stereocenters. The van der Waals surface area contributed by atoms with Crippen LogP contribution in [0.4, 0.5) is 4.79 Å². The van der Waals surface area contributed by atoms with Gasteiger partial charge in [-0.25, -0.2) is 18.2 Å². The maximum atomic E-state index is 14.3. The standard InChI is InChI=1S/C37H52N6O6S2/c1-7-27(6)34(43-18-17-41(37(43)46)22-30-24-50-36(39-30)26(4)5)35(45)40-32(19-28-11-9-8-10-12-28)33(44)23-42(21-25(2)3)51(48,49)31-15-13-29(14-16-31)20-38-47/h8-16,20,24-27,32-34,44,47H,7,17-19,21-23H2,1-6H3,(H,40,45)/b38-20+/t27-,32-,33+,34-/m0/s1. The molecule has 2 heterocycles. The number of oxime groups is 1. The molecule has 0 bridgehead atoms. The summed E-state index contributed by atoms with van der Waals surface area (Å²) in [5.74, 6) is -0.346. The number of rotatable bonds is 18. The van der Waals surface area contributed by atoms with E-state index in [1.165, 1.54) is 34.8 Å². The fourth-order valence-corrected chi connectivity index (χ4v) is 8.62. The Kier molecular flexibility index (Phi) is 14.1. The van der Waals surface area contributed by atoms with Crippen LogP contribution in [0.15, 0.2) is 70.0 Å². The van der Waals surface area contributed by atoms with Crippen LogP contribution in [0, 0.1) is 11.8 Å². The Morgan fingerprint density at radius 2 is 1.75 bits per heavy atom. The van der Waals surface area contributed by atoms with Gasteiger partial charge in [0.05, 0.1) is 40.5 Å². The van der Waals surface area contributed by atoms with Crippen LogP contribution < -0.4 is 5.32 Å². The van der Waals surface area contributed by atoms with E-state index in [0.717, 1.165) is 16.3 Å². The number of sulfonamides is 1. The number of benzene rings is 2. The van der Waals surface area contributed by atoms with Gasteiger partial charge in [0, 0.05) is 37.5 Å². The number of urea groups is 1. The molecule has 0 spiro atoms. The van der Waals surface area contributed by atoms with Crippen molar-refractivity contribution in [2.75, 3.05) is 26.2 Å². The second-order valence-corrected chi connectivity index (χ2v) is 16.8. The van der Waals surface area contributed by atoms with Gasteiger partial charge in [-0.1, -0.05) is 95.6 Å². The van der Waals surface area contributed by atoms with Crippen LogP contribution >= 0.6 is 11.3 Å². The first-order valence-electron chi connectivity index (χ1n) is 17.5. The summed E-state index contributed by atoms with van der Waals surface area (Å²) in [6, 6.07) is 13.4. The normalized spacial score (nSPS) is 16.4. The summed E-state index contributed by atoms with van der Waals surface area (Å²) < 4.78 is 29.1. The van der Waals surface area contributed by atoms with Crippen LogP contribution in [0.5, 0.6) is 0 Å². The second kappa shape index (κ2) is 18.1. The SMILES string of the molecule is CC[C@H](C)[C@@H](C(=O)N[C@@H](Cc1ccccc1)[C@H](O)CN(CC(C)C)S(=O)(=O)c1ccc(/C=N/O)cc1)N1CCN(Cc2csc(C(C)C)n2)C1=O. The fraction of sp³-hybridized carbons (Fsp3) is 0.514. The molecule has 14 heteroatoms. The highest BCUT2D eigenvalue weighted by Gasteiger charge is 2.41. The number of hydrogen-bond donors (Lipinski definition) is 3. The molecule has 1 aliphatic rings. The van der Waals surface area contributed by atoms with E-state index in [2.05, 4.69) is 29.3 Å². The first-order chi connectivity index (χ1) is 24.2. The lowest BCUT2D eigenvalue weighted by Crippen LogP contribution is -2.57. The number of nitrogens with zero attached hydrogens (tertiary/aromatic N) is 5. The van der Waals surface area contributed by atoms with Crippen molar-refractivity contribution in [3.63, 3.8) is 0 Å². The van der Waals surface area contributed by atoms with Crippen LogP contribution in [0.25, 0.3) is 0 Å². The highest BCUT2D eigenvalue weighted by atomic mass is 32.2. The number of carbonyl (C=O) groups excluding carboxylic acids is 2. The summed E-state index contributed by atoms with van der Waals surface area (Å²) in [4.78, 5) is 36.1. The Bertz CT molecular complexity index is 1710. The zero-order valence-corrected chi connectivity index (χ0v) is 32.0. The van der Waals surface area contributed by atoms with E-state index < -0.39 is 34.1 Å². The first kappa shape index (κ1) is 39.9. The van der Waals surface area contributed by atoms with Gasteiger partial charge in [0.2, 0.25) is 15.9 Å². The zero-order chi connectivity index (χ0) is 37.3. The first-order valence-corrected chi connectivity index (χ1v) is 19.9. The number of hydrogen-bond acceptors (Lipinski definition) is 9. The molecule has 51 heavy (non-hydrogen) atoms. The van der Waals surface area contributed by atoms with E-state index in [-0.39, 0.29) is 42.3 Å². The van der Waals surface area contributed by atoms with Crippen molar-refractivity contribution < 1.29 is 28.3 Å². The number of aliphatic hydroxyl groups excluding tert-OH is 1. The van der Waals surface area contributed by atoms with Crippen molar-refractivity contribution in [2.45, 2.75) is 89.9 Å². The van der Waals surface area contributed by atoms with E-state index in [1.807, 2.05) is 63.4 Å². The molecule has 12 nitrogen and oxygen atoms in total. The predicted molar refractivity (Wildman–Crippen MR) is 199 cm³/mol. The third kappa shape index (κ3) is 10.4. The Morgan fingerprint density at radius 1 is 1.06 bits per heavy atom. The smallest absolute Gasteiger partial charge is 0.321 e. The molecule has 1 fully saturated rings. The summed E-state index contributed by atoms with van der Waals surface area (Å²) in [5.41, 5.74) is 2.20. The van der Waals surface area contributed by atoms with Gasteiger partial charge in [0.25, 0.3) is 0 Å². The topological polar surface area (TPSA) is 156 Å². The van der Waals surface area contributed by atoms with Crippen LogP contribution in [0.3, 0.4) is 0 Å². The molecule has 3 amide bonds. The Labute approximate surface area is 306 Å². The maximum absolute atomic E-state index is 14.3. The quantitative estimate of drug-likeness (QED) is 0.0925. The molecule has 1 aromatic heterocycles. The number of thiazole rings is 1. The summed E-state index contributed by atoms with van der Waals surface area (Å²) in [7, 11) is -4.06. The van der Waals surface area contributed by atoms with Crippen molar-refractivity contribution in [3.8, 4) is 0 Å². The minimum atomic E-state index is -4.06. The molecule has 3 N–H and O–H groups in total. The van der Waals surface area contributed by atoms with Gasteiger partial charge in [-0.05, 0) is 41.5 Å². The van der Waals surface area contributed by atoms with Crippen molar-refractivity contribution in [2.24, 2.45) is 17.0 Å². The van der Waals surface area contributed by atoms with E-state index in [9.17, 15) is 23.1 Å². The number of nitrogens with one attached hydrogen (secondary N) is 1. The largest absolute Gasteiger partial charge is 0.411 e. The molecular formula is C37H52N6O6S2. The molecule has 278 valence electrons. The van der Waals surface area contributed by atoms with E-state index in [4.69, 9.17) is 5.21 Å². The molecule has 0 aliphatic carbocycles. The third-order valence-corrected chi connectivity index (χ3v) is 12.1. The Hall–Kier alpha value is -3.85. The summed E-state index contributed by atoms with van der Waals surface area (Å²) in [6.07, 6.45) is 0.799. The van der Waals surface area contributed by atoms with Gasteiger partial charge < -0.3 is 25.4 Å². The molecule has 4 atom stereocenters. The number of amides is 3. The predicted octanol–water partition coefficient (Wildman–Crippen LogP) is 5.16. The van der Waals surface area contributed by atoms with Crippen LogP contribution in [-0.4, -0.2) is 100 Å². The summed E-state index contributed by atoms with van der Waals surface area (Å²) >= 11 is 1.58. The highest BCUT2D eigenvalue weighted by molar-refractivity contribution is 7.89. The number of aromatic nitrogens is 1. The van der Waals surface area contributed by atoms with Gasteiger partial charge in [-0.15, -0.1) is 11.3 Å². The van der Waals surface area contributed by atoms with E-state index in [0.29, 0.717) is 37.5 Å². The maximum Gasteiger partial charge on any atom is 0.321 e. The fourth-order valence-electron chi connectivity index (χ4n) is 6.17. The summed E-state index contributed by atoms with van der Waals surface area (Å²) in [6.45, 7) is 12.9. The molecule has 1 aliphatic heterocycles. The highest BCUT2D eigenvalue weighted by Crippen LogP contribution is 2.25. The summed E-state index contributed by atoms with van der Waals surface area (Å²) in [5, 5.41) is 29.7. The monoisotopic (exact) mass is 740 g/mol. The number of carbonyl (C=O) groups is 2. The van der Waals surface area contributed by atoms with E-state index >= 15 is 0 Å². The van der Waals surface area contributed by atoms with Crippen molar-refractivity contribution in [3.05, 3.63) is 81.8 Å². The van der Waals surface area contributed by atoms with Crippen LogP contribution in [0.1, 0.15) is 75.7 Å². The molecular weight excluding hydrogens is 689 g/mol. The van der Waals surface area contributed by atoms with Crippen molar-refractivity contribution in [1.82, 2.24) is 24.4 Å².